The highest BCUT2D eigenvalue weighted by Gasteiger charge is 2.14. The van der Waals surface area contributed by atoms with Crippen LogP contribution in [-0.4, -0.2) is 54.2 Å². The average molecular weight is 425 g/mol. The van der Waals surface area contributed by atoms with E-state index in [4.69, 9.17) is 17.0 Å². The molecule has 0 aliphatic heterocycles. The largest absolute Gasteiger partial charge is 0.497 e. The molecule has 158 valence electrons. The molecule has 0 unspecified atom stereocenters. The average Bonchev–Trinajstić information content (AvgIpc) is 2.73. The number of hydrogen-bond donors (Lipinski definition) is 2. The third-order valence-corrected chi connectivity index (χ3v) is 5.20. The summed E-state index contributed by atoms with van der Waals surface area (Å²) in [4.78, 5) is 19.9. The fraction of sp³-hybridized carbons (Fsp3) is 0.304. The molecule has 0 saturated heterocycles. The Kier molecular flexibility index (Phi) is 7.43. The normalized spacial score (nSPS) is 10.9. The molecule has 1 heterocycles. The van der Waals surface area contributed by atoms with Crippen molar-refractivity contribution in [2.45, 2.75) is 13.0 Å². The Balaban J connectivity index is 1.83. The minimum atomic E-state index is -0.115. The van der Waals surface area contributed by atoms with Crippen LogP contribution < -0.4 is 15.6 Å². The highest BCUT2D eigenvalue weighted by Crippen LogP contribution is 2.19. The summed E-state index contributed by atoms with van der Waals surface area (Å²) in [5.74, 6) is 0.712. The zero-order valence-electron chi connectivity index (χ0n) is 17.6. The van der Waals surface area contributed by atoms with Crippen molar-refractivity contribution >= 4 is 33.9 Å². The molecule has 1 aromatic heterocycles. The van der Waals surface area contributed by atoms with Gasteiger partial charge in [0.2, 0.25) is 0 Å². The smallest absolute Gasteiger partial charge is 0.253 e. The highest BCUT2D eigenvalue weighted by molar-refractivity contribution is 7.80. The number of para-hydroxylation sites is 1. The number of nitrogens with zero attached hydrogens (tertiary/aromatic N) is 2. The number of nitrogens with one attached hydrogen (secondary N) is 2. The molecule has 3 aromatic rings. The molecule has 0 bridgehead atoms. The van der Waals surface area contributed by atoms with Gasteiger partial charge in [-0.3, -0.25) is 4.79 Å². The molecule has 0 atom stereocenters. The number of pyridine rings is 1. The Morgan fingerprint density at radius 1 is 1.10 bits per heavy atom. The van der Waals surface area contributed by atoms with Crippen LogP contribution >= 0.6 is 12.2 Å². The molecule has 0 radical (unpaired) electrons. The highest BCUT2D eigenvalue weighted by atomic mass is 32.1. The van der Waals surface area contributed by atoms with Crippen LogP contribution in [0.4, 0.5) is 5.69 Å². The first kappa shape index (κ1) is 21.8. The predicted molar refractivity (Wildman–Crippen MR) is 127 cm³/mol. The van der Waals surface area contributed by atoms with Crippen molar-refractivity contribution in [3.05, 3.63) is 70.5 Å². The molecular weight excluding hydrogens is 396 g/mol. The monoisotopic (exact) mass is 424 g/mol. The molecule has 2 aromatic carbocycles. The van der Waals surface area contributed by atoms with Gasteiger partial charge in [-0.15, -0.1) is 0 Å². The van der Waals surface area contributed by atoms with E-state index in [1.807, 2.05) is 73.6 Å². The van der Waals surface area contributed by atoms with E-state index in [9.17, 15) is 4.79 Å². The number of anilines is 1. The minimum Gasteiger partial charge on any atom is -0.497 e. The van der Waals surface area contributed by atoms with Crippen molar-refractivity contribution in [1.29, 1.82) is 0 Å². The van der Waals surface area contributed by atoms with Gasteiger partial charge in [0.15, 0.2) is 5.11 Å². The van der Waals surface area contributed by atoms with Crippen LogP contribution in [0.15, 0.2) is 59.4 Å². The SMILES string of the molecule is COc1ccc2cc(CN(CCCN(C)C)C(=S)Nc3ccccc3)c(=O)[nH]c2c1. The maximum absolute atomic E-state index is 12.7. The van der Waals surface area contributed by atoms with Crippen LogP contribution in [0.1, 0.15) is 12.0 Å². The Labute approximate surface area is 182 Å². The summed E-state index contributed by atoms with van der Waals surface area (Å²) in [7, 11) is 5.71. The van der Waals surface area contributed by atoms with Gasteiger partial charge in [-0.05, 0) is 75.0 Å². The lowest BCUT2D eigenvalue weighted by Crippen LogP contribution is -2.37. The Hall–Kier alpha value is -2.90. The number of H-pyrrole nitrogens is 1. The zero-order valence-corrected chi connectivity index (χ0v) is 18.5. The van der Waals surface area contributed by atoms with E-state index in [-0.39, 0.29) is 5.56 Å². The Bertz CT molecular complexity index is 1050. The van der Waals surface area contributed by atoms with Crippen molar-refractivity contribution in [2.24, 2.45) is 0 Å². The number of thiocarbonyl (C=S) groups is 1. The van der Waals surface area contributed by atoms with Crippen molar-refractivity contribution < 1.29 is 4.74 Å². The molecular formula is C23H28N4O2S. The Morgan fingerprint density at radius 3 is 2.57 bits per heavy atom. The molecule has 0 saturated carbocycles. The van der Waals surface area contributed by atoms with Gasteiger partial charge >= 0.3 is 0 Å². The first-order valence-electron chi connectivity index (χ1n) is 9.92. The standard InChI is InChI=1S/C23H28N4O2S/c1-26(2)12-7-13-27(23(30)24-19-8-5-4-6-9-19)16-18-14-17-10-11-20(29-3)15-21(17)25-22(18)28/h4-6,8-11,14-15H,7,12-13,16H2,1-3H3,(H,24,30)(H,25,28). The third-order valence-electron chi connectivity index (χ3n) is 4.84. The summed E-state index contributed by atoms with van der Waals surface area (Å²) in [6.45, 7) is 2.12. The van der Waals surface area contributed by atoms with Gasteiger partial charge in [-0.1, -0.05) is 18.2 Å². The first-order chi connectivity index (χ1) is 14.5. The van der Waals surface area contributed by atoms with Gasteiger partial charge in [0, 0.05) is 23.9 Å². The van der Waals surface area contributed by atoms with E-state index in [1.165, 1.54) is 0 Å². The summed E-state index contributed by atoms with van der Waals surface area (Å²) >= 11 is 5.68. The second-order valence-corrected chi connectivity index (χ2v) is 7.84. The first-order valence-corrected chi connectivity index (χ1v) is 10.3. The second-order valence-electron chi connectivity index (χ2n) is 7.45. The number of fused-ring (bicyclic) bond motifs is 1. The molecule has 6 nitrogen and oxygen atoms in total. The van der Waals surface area contributed by atoms with Crippen LogP contribution in [0.5, 0.6) is 5.75 Å². The van der Waals surface area contributed by atoms with Crippen molar-refractivity contribution in [3.63, 3.8) is 0 Å². The zero-order chi connectivity index (χ0) is 21.5. The number of methoxy groups -OCH3 is 1. The van der Waals surface area contributed by atoms with Crippen LogP contribution in [-0.2, 0) is 6.54 Å². The fourth-order valence-electron chi connectivity index (χ4n) is 3.23. The van der Waals surface area contributed by atoms with Crippen molar-refractivity contribution in [3.8, 4) is 5.75 Å². The van der Waals surface area contributed by atoms with Gasteiger partial charge in [-0.2, -0.15) is 0 Å². The van der Waals surface area contributed by atoms with Gasteiger partial charge in [0.25, 0.3) is 5.56 Å². The van der Waals surface area contributed by atoms with E-state index < -0.39 is 0 Å². The molecule has 7 heteroatoms. The lowest BCUT2D eigenvalue weighted by atomic mass is 10.1. The van der Waals surface area contributed by atoms with Crippen LogP contribution in [0.2, 0.25) is 0 Å². The number of rotatable bonds is 8. The quantitative estimate of drug-likeness (QED) is 0.538. The molecule has 2 N–H and O–H groups in total. The topological polar surface area (TPSA) is 60.6 Å². The number of aromatic amines is 1. The maximum atomic E-state index is 12.7. The molecule has 0 aliphatic rings. The summed E-state index contributed by atoms with van der Waals surface area (Å²) < 4.78 is 5.25. The number of benzene rings is 2. The van der Waals surface area contributed by atoms with E-state index in [0.717, 1.165) is 36.1 Å². The third kappa shape index (κ3) is 5.81. The van der Waals surface area contributed by atoms with Crippen molar-refractivity contribution in [1.82, 2.24) is 14.8 Å². The summed E-state index contributed by atoms with van der Waals surface area (Å²) in [6, 6.07) is 17.4. The molecule has 0 spiro atoms. The summed E-state index contributed by atoms with van der Waals surface area (Å²) in [5.41, 5.74) is 2.25. The van der Waals surface area contributed by atoms with Crippen LogP contribution in [0.3, 0.4) is 0 Å². The number of ether oxygens (including phenoxy) is 1. The van der Waals surface area contributed by atoms with E-state index in [0.29, 0.717) is 23.0 Å². The van der Waals surface area contributed by atoms with Crippen LogP contribution in [0.25, 0.3) is 10.9 Å². The predicted octanol–water partition coefficient (Wildman–Crippen LogP) is 3.69. The molecule has 3 rings (SSSR count). The van der Waals surface area contributed by atoms with Gasteiger partial charge < -0.3 is 24.8 Å². The molecule has 0 fully saturated rings. The lowest BCUT2D eigenvalue weighted by Gasteiger charge is -2.26. The summed E-state index contributed by atoms with van der Waals surface area (Å²) in [6.07, 6.45) is 0.937. The van der Waals surface area contributed by atoms with Gasteiger partial charge in [-0.25, -0.2) is 0 Å². The number of aromatic nitrogens is 1. The minimum absolute atomic E-state index is 0.115. The second kappa shape index (κ2) is 10.2. The van der Waals surface area contributed by atoms with E-state index in [2.05, 4.69) is 15.2 Å². The Morgan fingerprint density at radius 2 is 1.87 bits per heavy atom. The summed E-state index contributed by atoms with van der Waals surface area (Å²) in [5, 5.41) is 4.85. The fourth-order valence-corrected chi connectivity index (χ4v) is 3.50. The van der Waals surface area contributed by atoms with Gasteiger partial charge in [0.1, 0.15) is 5.75 Å². The van der Waals surface area contributed by atoms with Crippen LogP contribution in [0, 0.1) is 0 Å². The van der Waals surface area contributed by atoms with E-state index in [1.54, 1.807) is 7.11 Å². The molecule has 0 aliphatic carbocycles. The van der Waals surface area contributed by atoms with Crippen molar-refractivity contribution in [2.75, 3.05) is 39.6 Å². The van der Waals surface area contributed by atoms with E-state index >= 15 is 0 Å². The molecule has 0 amide bonds. The molecule has 30 heavy (non-hydrogen) atoms. The van der Waals surface area contributed by atoms with Gasteiger partial charge in [0.05, 0.1) is 19.2 Å². The number of hydrogen-bond acceptors (Lipinski definition) is 4. The maximum Gasteiger partial charge on any atom is 0.253 e. The lowest BCUT2D eigenvalue weighted by molar-refractivity contribution is 0.346.